The van der Waals surface area contributed by atoms with Gasteiger partial charge in [0.15, 0.2) is 0 Å². The van der Waals surface area contributed by atoms with E-state index in [2.05, 4.69) is 24.2 Å². The van der Waals surface area contributed by atoms with Gasteiger partial charge >= 0.3 is 0 Å². The van der Waals surface area contributed by atoms with Gasteiger partial charge in [0.2, 0.25) is 5.88 Å². The Morgan fingerprint density at radius 2 is 2.18 bits per heavy atom. The summed E-state index contributed by atoms with van der Waals surface area (Å²) in [5, 5.41) is 4.09. The van der Waals surface area contributed by atoms with Gasteiger partial charge in [-0.2, -0.15) is 11.3 Å². The second-order valence-electron chi connectivity index (χ2n) is 4.19. The van der Waals surface area contributed by atoms with Gasteiger partial charge in [-0.25, -0.2) is 4.98 Å². The zero-order valence-corrected chi connectivity index (χ0v) is 11.0. The van der Waals surface area contributed by atoms with E-state index in [-0.39, 0.29) is 0 Å². The number of nitrogen functional groups attached to an aromatic ring is 1. The highest BCUT2D eigenvalue weighted by molar-refractivity contribution is 7.08. The third-order valence-electron chi connectivity index (χ3n) is 2.62. The summed E-state index contributed by atoms with van der Waals surface area (Å²) in [6.07, 6.45) is 0. The monoisotopic (exact) mass is 248 g/mol. The van der Waals surface area contributed by atoms with Crippen molar-refractivity contribution >= 4 is 17.0 Å². The van der Waals surface area contributed by atoms with Crippen molar-refractivity contribution in [1.82, 2.24) is 4.98 Å². The normalized spacial score (nSPS) is 10.8. The summed E-state index contributed by atoms with van der Waals surface area (Å²) in [7, 11) is 1.64. The van der Waals surface area contributed by atoms with Gasteiger partial charge in [-0.1, -0.05) is 13.8 Å². The Labute approximate surface area is 105 Å². The van der Waals surface area contributed by atoms with Crippen LogP contribution in [-0.4, -0.2) is 12.1 Å². The minimum absolute atomic E-state index is 0.292. The van der Waals surface area contributed by atoms with E-state index in [0.29, 0.717) is 11.8 Å². The number of pyridine rings is 1. The fourth-order valence-corrected chi connectivity index (χ4v) is 2.42. The van der Waals surface area contributed by atoms with E-state index < -0.39 is 0 Å². The van der Waals surface area contributed by atoms with Gasteiger partial charge < -0.3 is 10.5 Å². The molecule has 0 unspecified atom stereocenters. The van der Waals surface area contributed by atoms with Crippen molar-refractivity contribution in [2.45, 2.75) is 19.8 Å². The van der Waals surface area contributed by atoms with Gasteiger partial charge in [0, 0.05) is 5.56 Å². The number of anilines is 1. The number of nitrogens with zero attached hydrogens (tertiary/aromatic N) is 1. The molecule has 0 aromatic carbocycles. The summed E-state index contributed by atoms with van der Waals surface area (Å²) >= 11 is 1.65. The molecule has 0 radical (unpaired) electrons. The van der Waals surface area contributed by atoms with Crippen LogP contribution in [0, 0.1) is 0 Å². The maximum Gasteiger partial charge on any atom is 0.221 e. The van der Waals surface area contributed by atoms with E-state index in [1.54, 1.807) is 18.4 Å². The standard InChI is InChI=1S/C13H16N2OS/c1-8(2)12-11(14)6-10(13(15-12)16-3)9-4-5-17-7-9/h4-8H,14H2,1-3H3. The van der Waals surface area contributed by atoms with Crippen LogP contribution >= 0.6 is 11.3 Å². The summed E-state index contributed by atoms with van der Waals surface area (Å²) in [6, 6.07) is 3.99. The van der Waals surface area contributed by atoms with E-state index >= 15 is 0 Å². The van der Waals surface area contributed by atoms with E-state index in [9.17, 15) is 0 Å². The van der Waals surface area contributed by atoms with Gasteiger partial charge in [-0.05, 0) is 34.4 Å². The Kier molecular flexibility index (Phi) is 3.33. The molecule has 2 aromatic heterocycles. The molecule has 0 atom stereocenters. The lowest BCUT2D eigenvalue weighted by Crippen LogP contribution is -2.03. The van der Waals surface area contributed by atoms with Gasteiger partial charge in [-0.3, -0.25) is 0 Å². The van der Waals surface area contributed by atoms with Crippen molar-refractivity contribution in [3.63, 3.8) is 0 Å². The highest BCUT2D eigenvalue weighted by atomic mass is 32.1. The number of nitrogens with two attached hydrogens (primary N) is 1. The second kappa shape index (κ2) is 4.75. The Morgan fingerprint density at radius 1 is 1.41 bits per heavy atom. The fourth-order valence-electron chi connectivity index (χ4n) is 1.77. The minimum Gasteiger partial charge on any atom is -0.481 e. The molecule has 4 heteroatoms. The van der Waals surface area contributed by atoms with E-state index in [4.69, 9.17) is 10.5 Å². The molecule has 0 spiro atoms. The van der Waals surface area contributed by atoms with Crippen LogP contribution in [0.15, 0.2) is 22.9 Å². The summed E-state index contributed by atoms with van der Waals surface area (Å²) in [4.78, 5) is 4.50. The summed E-state index contributed by atoms with van der Waals surface area (Å²) in [5.74, 6) is 0.932. The summed E-state index contributed by atoms with van der Waals surface area (Å²) in [6.45, 7) is 4.14. The lowest BCUT2D eigenvalue weighted by molar-refractivity contribution is 0.397. The molecule has 0 aliphatic carbocycles. The van der Waals surface area contributed by atoms with Crippen LogP contribution in [0.1, 0.15) is 25.5 Å². The molecular weight excluding hydrogens is 232 g/mol. The SMILES string of the molecule is COc1nc(C(C)C)c(N)cc1-c1ccsc1. The van der Waals surface area contributed by atoms with E-state index in [1.165, 1.54) is 0 Å². The number of ether oxygens (including phenoxy) is 1. The number of rotatable bonds is 3. The largest absolute Gasteiger partial charge is 0.481 e. The molecule has 0 amide bonds. The van der Waals surface area contributed by atoms with Gasteiger partial charge in [0.05, 0.1) is 18.5 Å². The van der Waals surface area contributed by atoms with Crippen LogP contribution in [-0.2, 0) is 0 Å². The number of hydrogen-bond acceptors (Lipinski definition) is 4. The predicted octanol–water partition coefficient (Wildman–Crippen LogP) is 3.52. The quantitative estimate of drug-likeness (QED) is 0.904. The fraction of sp³-hybridized carbons (Fsp3) is 0.308. The molecule has 2 heterocycles. The summed E-state index contributed by atoms with van der Waals surface area (Å²) < 4.78 is 5.35. The van der Waals surface area contributed by atoms with Crippen LogP contribution < -0.4 is 10.5 Å². The van der Waals surface area contributed by atoms with Crippen molar-refractivity contribution < 1.29 is 4.74 Å². The van der Waals surface area contributed by atoms with Crippen molar-refractivity contribution in [1.29, 1.82) is 0 Å². The zero-order chi connectivity index (χ0) is 12.4. The molecule has 2 N–H and O–H groups in total. The second-order valence-corrected chi connectivity index (χ2v) is 4.97. The zero-order valence-electron chi connectivity index (χ0n) is 10.2. The topological polar surface area (TPSA) is 48.1 Å². The Bertz CT molecular complexity index is 506. The molecule has 3 nitrogen and oxygen atoms in total. The molecule has 0 bridgehead atoms. The van der Waals surface area contributed by atoms with E-state index in [1.807, 2.05) is 17.5 Å². The average Bonchev–Trinajstić information content (AvgIpc) is 2.81. The number of hydrogen-bond donors (Lipinski definition) is 1. The molecule has 90 valence electrons. The smallest absolute Gasteiger partial charge is 0.221 e. The van der Waals surface area contributed by atoms with Gasteiger partial charge in [-0.15, -0.1) is 0 Å². The predicted molar refractivity (Wildman–Crippen MR) is 72.6 cm³/mol. The maximum absolute atomic E-state index is 6.04. The van der Waals surface area contributed by atoms with Gasteiger partial charge in [0.1, 0.15) is 0 Å². The first-order chi connectivity index (χ1) is 8.13. The molecule has 0 saturated carbocycles. The first-order valence-corrected chi connectivity index (χ1v) is 6.44. The number of aromatic nitrogens is 1. The van der Waals surface area contributed by atoms with Crippen molar-refractivity contribution in [2.75, 3.05) is 12.8 Å². The van der Waals surface area contributed by atoms with Crippen LogP contribution in [0.25, 0.3) is 11.1 Å². The third-order valence-corrected chi connectivity index (χ3v) is 3.30. The third kappa shape index (κ3) is 2.26. The molecule has 2 aromatic rings. The molecule has 2 rings (SSSR count). The van der Waals surface area contributed by atoms with Crippen LogP contribution in [0.5, 0.6) is 5.88 Å². The molecule has 17 heavy (non-hydrogen) atoms. The van der Waals surface area contributed by atoms with Gasteiger partial charge in [0.25, 0.3) is 0 Å². The van der Waals surface area contributed by atoms with Crippen molar-refractivity contribution in [3.05, 3.63) is 28.6 Å². The Hall–Kier alpha value is -1.55. The maximum atomic E-state index is 6.04. The molecule has 0 saturated heterocycles. The van der Waals surface area contributed by atoms with Crippen molar-refractivity contribution in [3.8, 4) is 17.0 Å². The Morgan fingerprint density at radius 3 is 2.71 bits per heavy atom. The van der Waals surface area contributed by atoms with E-state index in [0.717, 1.165) is 22.5 Å². The first kappa shape index (κ1) is 11.9. The highest BCUT2D eigenvalue weighted by Gasteiger charge is 2.14. The number of thiophene rings is 1. The van der Waals surface area contributed by atoms with Crippen molar-refractivity contribution in [2.24, 2.45) is 0 Å². The minimum atomic E-state index is 0.292. The first-order valence-electron chi connectivity index (χ1n) is 5.50. The molecule has 0 aliphatic rings. The Balaban J connectivity index is 2.58. The molecule has 0 fully saturated rings. The summed E-state index contributed by atoms with van der Waals surface area (Å²) in [5.41, 5.74) is 9.70. The lowest BCUT2D eigenvalue weighted by Gasteiger charge is -2.13. The number of methoxy groups -OCH3 is 1. The molecule has 0 aliphatic heterocycles. The highest BCUT2D eigenvalue weighted by Crippen LogP contribution is 2.34. The van der Waals surface area contributed by atoms with Crippen LogP contribution in [0.4, 0.5) is 5.69 Å². The lowest BCUT2D eigenvalue weighted by atomic mass is 10.0. The average molecular weight is 248 g/mol. The van der Waals surface area contributed by atoms with Crippen LogP contribution in [0.3, 0.4) is 0 Å². The molecular formula is C13H16N2OS. The van der Waals surface area contributed by atoms with Crippen LogP contribution in [0.2, 0.25) is 0 Å².